The van der Waals surface area contributed by atoms with Crippen LogP contribution in [0.1, 0.15) is 39.0 Å². The number of nitrogens with one attached hydrogen (secondary N) is 2. The van der Waals surface area contributed by atoms with E-state index in [4.69, 9.17) is 21.7 Å². The lowest BCUT2D eigenvalue weighted by Gasteiger charge is -2.07. The Bertz CT molecular complexity index is 278. The van der Waals surface area contributed by atoms with Crippen LogP contribution in [0.2, 0.25) is 0 Å². The van der Waals surface area contributed by atoms with Crippen LogP contribution in [0.15, 0.2) is 0 Å². The number of hydrogen-bond donors (Lipinski definition) is 6. The van der Waals surface area contributed by atoms with Crippen molar-refractivity contribution >= 4 is 11.9 Å². The van der Waals surface area contributed by atoms with E-state index in [1.54, 1.807) is 0 Å². The fourth-order valence-electron chi connectivity index (χ4n) is 1.48. The summed E-state index contributed by atoms with van der Waals surface area (Å²) in [7, 11) is 0. The number of unbranched alkanes of at least 4 members (excludes halogenated alkanes) is 1. The van der Waals surface area contributed by atoms with Crippen LogP contribution in [-0.2, 0) is 9.59 Å². The summed E-state index contributed by atoms with van der Waals surface area (Å²) in [5, 5.41) is 22.0. The third kappa shape index (κ3) is 23.8. The maximum absolute atomic E-state index is 10.1. The average Bonchev–Trinajstić information content (AvgIpc) is 2.46. The fourth-order valence-corrected chi connectivity index (χ4v) is 1.48. The number of carbonyl (C=O) groups is 2. The summed E-state index contributed by atoms with van der Waals surface area (Å²) in [5.41, 5.74) is 10.9. The largest absolute Gasteiger partial charge is 0.480 e. The molecule has 22 heavy (non-hydrogen) atoms. The van der Waals surface area contributed by atoms with E-state index in [-0.39, 0.29) is 19.1 Å². The molecule has 0 heterocycles. The van der Waals surface area contributed by atoms with Gasteiger partial charge in [0.25, 0.3) is 0 Å². The number of carboxylic acids is 2. The van der Waals surface area contributed by atoms with E-state index in [9.17, 15) is 9.59 Å². The third-order valence-corrected chi connectivity index (χ3v) is 2.81. The van der Waals surface area contributed by atoms with E-state index in [1.807, 2.05) is 0 Å². The zero-order chi connectivity index (χ0) is 17.2. The Labute approximate surface area is 132 Å². The Kier molecular flexibility index (Phi) is 18.7. The van der Waals surface area contributed by atoms with Gasteiger partial charge in [0.1, 0.15) is 0 Å². The lowest BCUT2D eigenvalue weighted by molar-refractivity contribution is -0.136. The molecule has 132 valence electrons. The molecule has 0 aliphatic rings. The van der Waals surface area contributed by atoms with Gasteiger partial charge >= 0.3 is 11.9 Å². The average molecular weight is 320 g/mol. The van der Waals surface area contributed by atoms with E-state index < -0.39 is 11.9 Å². The quantitative estimate of drug-likeness (QED) is 0.250. The minimum Gasteiger partial charge on any atom is -0.480 e. The zero-order valence-electron chi connectivity index (χ0n) is 13.5. The molecule has 0 saturated heterocycles. The van der Waals surface area contributed by atoms with Crippen LogP contribution >= 0.6 is 0 Å². The van der Waals surface area contributed by atoms with Crippen LogP contribution in [0, 0.1) is 0 Å². The normalized spacial score (nSPS) is 11.4. The lowest BCUT2D eigenvalue weighted by atomic mass is 10.1. The van der Waals surface area contributed by atoms with Gasteiger partial charge in [-0.05, 0) is 51.7 Å². The molecule has 8 N–H and O–H groups in total. The summed E-state index contributed by atoms with van der Waals surface area (Å²) in [6, 6.07) is 0.261. The second kappa shape index (κ2) is 17.8. The molecule has 0 aliphatic carbocycles. The van der Waals surface area contributed by atoms with Gasteiger partial charge in [0, 0.05) is 6.04 Å². The minimum atomic E-state index is -0.812. The molecule has 0 fully saturated rings. The first-order chi connectivity index (χ1) is 10.4. The Balaban J connectivity index is 0. The summed E-state index contributed by atoms with van der Waals surface area (Å²) in [6.45, 7) is 4.29. The Hall–Kier alpha value is -1.22. The van der Waals surface area contributed by atoms with Gasteiger partial charge in [0.05, 0.1) is 13.1 Å². The number of carboxylic acid groups (broad SMARTS) is 2. The van der Waals surface area contributed by atoms with Crippen molar-refractivity contribution < 1.29 is 19.8 Å². The van der Waals surface area contributed by atoms with Gasteiger partial charge in [0.2, 0.25) is 0 Å². The van der Waals surface area contributed by atoms with Crippen molar-refractivity contribution in [3.05, 3.63) is 0 Å². The maximum Gasteiger partial charge on any atom is 0.317 e. The number of hydrogen-bond acceptors (Lipinski definition) is 6. The van der Waals surface area contributed by atoms with Crippen LogP contribution in [0.4, 0.5) is 0 Å². The van der Waals surface area contributed by atoms with Crippen molar-refractivity contribution in [3.8, 4) is 0 Å². The molecule has 0 rings (SSSR count). The standard InChI is InChI=1S/C8H18N2O2.C6H14N2O2/c1-2-7(9)4-3-5-10-6-8(11)12;7-3-1-2-4-8-5-6(9)10/h7,10H,2-6,9H2,1H3,(H,11,12);8H,1-5,7H2,(H,9,10). The van der Waals surface area contributed by atoms with Crippen LogP contribution in [-0.4, -0.2) is 60.9 Å². The van der Waals surface area contributed by atoms with Gasteiger partial charge in [0.15, 0.2) is 0 Å². The van der Waals surface area contributed by atoms with E-state index in [2.05, 4.69) is 17.6 Å². The molecule has 8 heteroatoms. The van der Waals surface area contributed by atoms with Gasteiger partial charge in [-0.25, -0.2) is 0 Å². The monoisotopic (exact) mass is 320 g/mol. The van der Waals surface area contributed by atoms with Gasteiger partial charge in [-0.15, -0.1) is 0 Å². The van der Waals surface area contributed by atoms with Crippen molar-refractivity contribution in [1.82, 2.24) is 10.6 Å². The molecule has 0 aromatic rings. The van der Waals surface area contributed by atoms with Crippen LogP contribution in [0.3, 0.4) is 0 Å². The van der Waals surface area contributed by atoms with Gasteiger partial charge in [-0.2, -0.15) is 0 Å². The first kappa shape index (κ1) is 23.1. The van der Waals surface area contributed by atoms with E-state index in [1.165, 1.54) is 0 Å². The minimum absolute atomic E-state index is 0.0430. The van der Waals surface area contributed by atoms with Crippen molar-refractivity contribution in [2.24, 2.45) is 11.5 Å². The first-order valence-electron chi connectivity index (χ1n) is 7.74. The second-order valence-electron chi connectivity index (χ2n) is 4.95. The van der Waals surface area contributed by atoms with E-state index in [0.717, 1.165) is 45.2 Å². The molecule has 1 unspecified atom stereocenters. The lowest BCUT2D eigenvalue weighted by Crippen LogP contribution is -2.25. The molecule has 0 bridgehead atoms. The van der Waals surface area contributed by atoms with Crippen LogP contribution in [0.25, 0.3) is 0 Å². The molecule has 0 spiro atoms. The summed E-state index contributed by atoms with van der Waals surface area (Å²) in [5.74, 6) is -1.62. The predicted molar refractivity (Wildman–Crippen MR) is 86.8 cm³/mol. The highest BCUT2D eigenvalue weighted by atomic mass is 16.4. The second-order valence-corrected chi connectivity index (χ2v) is 4.95. The maximum atomic E-state index is 10.1. The van der Waals surface area contributed by atoms with Gasteiger partial charge in [-0.1, -0.05) is 6.92 Å². The van der Waals surface area contributed by atoms with Gasteiger partial charge in [-0.3, -0.25) is 9.59 Å². The third-order valence-electron chi connectivity index (χ3n) is 2.81. The van der Waals surface area contributed by atoms with Gasteiger partial charge < -0.3 is 32.3 Å². The summed E-state index contributed by atoms with van der Waals surface area (Å²) < 4.78 is 0. The molecule has 0 aromatic heterocycles. The molecule has 0 amide bonds. The topological polar surface area (TPSA) is 151 Å². The molecular formula is C14H32N4O4. The van der Waals surface area contributed by atoms with E-state index in [0.29, 0.717) is 6.54 Å². The van der Waals surface area contributed by atoms with Crippen LogP contribution in [0.5, 0.6) is 0 Å². The Morgan fingerprint density at radius 1 is 1.00 bits per heavy atom. The highest BCUT2D eigenvalue weighted by molar-refractivity contribution is 5.69. The van der Waals surface area contributed by atoms with Crippen molar-refractivity contribution in [1.29, 1.82) is 0 Å². The number of aliphatic carboxylic acids is 2. The molecule has 8 nitrogen and oxygen atoms in total. The molecule has 0 aliphatic heterocycles. The van der Waals surface area contributed by atoms with Crippen molar-refractivity contribution in [2.75, 3.05) is 32.7 Å². The molecular weight excluding hydrogens is 288 g/mol. The smallest absolute Gasteiger partial charge is 0.317 e. The molecule has 0 aromatic carbocycles. The number of nitrogens with two attached hydrogens (primary N) is 2. The first-order valence-corrected chi connectivity index (χ1v) is 7.74. The molecule has 0 saturated carbocycles. The fraction of sp³-hybridized carbons (Fsp3) is 0.857. The molecule has 1 atom stereocenters. The summed E-state index contributed by atoms with van der Waals surface area (Å²) in [4.78, 5) is 20.0. The van der Waals surface area contributed by atoms with Crippen LogP contribution < -0.4 is 22.1 Å². The Morgan fingerprint density at radius 3 is 1.91 bits per heavy atom. The molecule has 0 radical (unpaired) electrons. The SMILES string of the molecule is CCC(N)CCCNCC(=O)O.NCCCCNCC(=O)O. The van der Waals surface area contributed by atoms with Crippen molar-refractivity contribution in [2.45, 2.75) is 45.1 Å². The van der Waals surface area contributed by atoms with Crippen molar-refractivity contribution in [3.63, 3.8) is 0 Å². The Morgan fingerprint density at radius 2 is 1.50 bits per heavy atom. The predicted octanol–water partition coefficient (Wildman–Crippen LogP) is -0.422. The van der Waals surface area contributed by atoms with E-state index >= 15 is 0 Å². The summed E-state index contributed by atoms with van der Waals surface area (Å²) in [6.07, 6.45) is 4.79. The number of rotatable bonds is 13. The zero-order valence-corrected chi connectivity index (χ0v) is 13.5. The highest BCUT2D eigenvalue weighted by Crippen LogP contribution is 1.96. The summed E-state index contributed by atoms with van der Waals surface area (Å²) >= 11 is 0. The highest BCUT2D eigenvalue weighted by Gasteiger charge is 1.98.